The molecule has 1 N–H and O–H groups in total. The highest BCUT2D eigenvalue weighted by Gasteiger charge is 2.31. The number of sulfonamides is 1. The van der Waals surface area contributed by atoms with E-state index in [-0.39, 0.29) is 34.8 Å². The number of hydrogen-bond acceptors (Lipinski definition) is 5. The van der Waals surface area contributed by atoms with E-state index in [2.05, 4.69) is 5.32 Å². The van der Waals surface area contributed by atoms with Crippen LogP contribution in [-0.2, 0) is 14.8 Å². The van der Waals surface area contributed by atoms with Gasteiger partial charge in [0.1, 0.15) is 9.23 Å². The summed E-state index contributed by atoms with van der Waals surface area (Å²) in [5, 5.41) is 3.23. The zero-order chi connectivity index (χ0) is 19.6. The Morgan fingerprint density at radius 1 is 1.11 bits per heavy atom. The van der Waals surface area contributed by atoms with Gasteiger partial charge in [-0.3, -0.25) is 9.69 Å². The Kier molecular flexibility index (Phi) is 6.68. The largest absolute Gasteiger partial charge is 0.324 e. The molecule has 0 radical (unpaired) electrons. The maximum absolute atomic E-state index is 12.7. The fraction of sp³-hybridized carbons (Fsp3) is 0.312. The predicted molar refractivity (Wildman–Crippen MR) is 110 cm³/mol. The van der Waals surface area contributed by atoms with Crippen molar-refractivity contribution in [3.8, 4) is 0 Å². The molecular formula is C16H16Cl3N3O3S2. The fourth-order valence-corrected chi connectivity index (χ4v) is 6.44. The third kappa shape index (κ3) is 4.95. The van der Waals surface area contributed by atoms with Crippen LogP contribution >= 0.6 is 46.1 Å². The predicted octanol–water partition coefficient (Wildman–Crippen LogP) is 3.65. The molecule has 0 unspecified atom stereocenters. The summed E-state index contributed by atoms with van der Waals surface area (Å²) in [7, 11) is -3.70. The molecule has 27 heavy (non-hydrogen) atoms. The second-order valence-electron chi connectivity index (χ2n) is 5.90. The Hall–Kier alpha value is -0.870. The molecule has 1 fully saturated rings. The normalized spacial score (nSPS) is 16.4. The molecule has 3 rings (SSSR count). The van der Waals surface area contributed by atoms with Gasteiger partial charge in [-0.2, -0.15) is 4.31 Å². The van der Waals surface area contributed by atoms with Crippen LogP contribution in [0, 0.1) is 0 Å². The second kappa shape index (κ2) is 8.65. The molecule has 2 heterocycles. The Bertz CT molecular complexity index is 941. The average Bonchev–Trinajstić information content (AvgIpc) is 2.96. The van der Waals surface area contributed by atoms with E-state index in [0.29, 0.717) is 28.1 Å². The smallest absolute Gasteiger partial charge is 0.245 e. The molecule has 1 aromatic carbocycles. The average molecular weight is 469 g/mol. The number of carbonyl (C=O) groups is 1. The highest BCUT2D eigenvalue weighted by atomic mass is 35.5. The molecular weight excluding hydrogens is 453 g/mol. The molecule has 0 atom stereocenters. The minimum absolute atomic E-state index is 0.0316. The Balaban J connectivity index is 1.56. The maximum Gasteiger partial charge on any atom is 0.245 e. The van der Waals surface area contributed by atoms with Crippen LogP contribution in [0.4, 0.5) is 5.69 Å². The molecule has 1 aromatic heterocycles. The van der Waals surface area contributed by atoms with Crippen molar-refractivity contribution in [3.05, 3.63) is 44.0 Å². The van der Waals surface area contributed by atoms with Crippen LogP contribution < -0.4 is 5.32 Å². The summed E-state index contributed by atoms with van der Waals surface area (Å²) >= 11 is 18.9. The first-order valence-corrected chi connectivity index (χ1v) is 11.4. The van der Waals surface area contributed by atoms with Crippen molar-refractivity contribution in [3.63, 3.8) is 0 Å². The number of benzene rings is 1. The first-order valence-electron chi connectivity index (χ1n) is 7.99. The van der Waals surface area contributed by atoms with Crippen molar-refractivity contribution in [1.29, 1.82) is 0 Å². The van der Waals surface area contributed by atoms with Crippen LogP contribution in [0.1, 0.15) is 0 Å². The second-order valence-corrected chi connectivity index (χ2v) is 10.5. The molecule has 1 saturated heterocycles. The van der Waals surface area contributed by atoms with Crippen LogP contribution in [0.2, 0.25) is 13.7 Å². The zero-order valence-electron chi connectivity index (χ0n) is 14.0. The van der Waals surface area contributed by atoms with Gasteiger partial charge in [0.05, 0.1) is 21.6 Å². The first kappa shape index (κ1) is 20.9. The van der Waals surface area contributed by atoms with E-state index >= 15 is 0 Å². The molecule has 1 aliphatic heterocycles. The van der Waals surface area contributed by atoms with E-state index in [1.54, 1.807) is 24.3 Å². The van der Waals surface area contributed by atoms with E-state index in [1.165, 1.54) is 10.4 Å². The number of piperazine rings is 1. The summed E-state index contributed by atoms with van der Waals surface area (Å²) in [6, 6.07) is 8.36. The minimum atomic E-state index is -3.70. The Morgan fingerprint density at radius 2 is 1.78 bits per heavy atom. The van der Waals surface area contributed by atoms with Crippen LogP contribution in [0.15, 0.2) is 35.2 Å². The monoisotopic (exact) mass is 467 g/mol. The summed E-state index contributed by atoms with van der Waals surface area (Å²) in [5.74, 6) is -0.202. The summed E-state index contributed by atoms with van der Waals surface area (Å²) in [6.07, 6.45) is 0. The fourth-order valence-electron chi connectivity index (χ4n) is 2.72. The van der Waals surface area contributed by atoms with Crippen molar-refractivity contribution in [2.75, 3.05) is 38.0 Å². The summed E-state index contributed by atoms with van der Waals surface area (Å²) in [6.45, 7) is 1.57. The number of amides is 1. The molecule has 0 saturated carbocycles. The lowest BCUT2D eigenvalue weighted by Crippen LogP contribution is -2.50. The van der Waals surface area contributed by atoms with Crippen molar-refractivity contribution < 1.29 is 13.2 Å². The van der Waals surface area contributed by atoms with Gasteiger partial charge in [0.25, 0.3) is 0 Å². The zero-order valence-corrected chi connectivity index (χ0v) is 17.9. The third-order valence-corrected chi connectivity index (χ3v) is 8.07. The highest BCUT2D eigenvalue weighted by Crippen LogP contribution is 2.36. The van der Waals surface area contributed by atoms with Gasteiger partial charge in [0.2, 0.25) is 15.9 Å². The van der Waals surface area contributed by atoms with E-state index in [9.17, 15) is 13.2 Å². The molecule has 0 aliphatic carbocycles. The third-order valence-electron chi connectivity index (χ3n) is 4.09. The number of anilines is 1. The van der Waals surface area contributed by atoms with Gasteiger partial charge in [0, 0.05) is 26.2 Å². The first-order chi connectivity index (χ1) is 12.8. The maximum atomic E-state index is 12.7. The topological polar surface area (TPSA) is 69.7 Å². The standard InChI is InChI=1S/C16H16Cl3N3O3S2/c17-11-3-1-2-4-12(11)20-15(23)10-21-5-7-22(8-6-21)27(24,25)13-9-14(18)26-16(13)19/h1-4,9H,5-8,10H2,(H,20,23). The molecule has 11 heteroatoms. The van der Waals surface area contributed by atoms with Crippen LogP contribution in [-0.4, -0.2) is 56.3 Å². The van der Waals surface area contributed by atoms with Crippen LogP contribution in [0.3, 0.4) is 0 Å². The molecule has 0 spiro atoms. The number of halogens is 3. The number of rotatable bonds is 5. The highest BCUT2D eigenvalue weighted by molar-refractivity contribution is 7.89. The molecule has 6 nitrogen and oxygen atoms in total. The van der Waals surface area contributed by atoms with Gasteiger partial charge in [-0.25, -0.2) is 8.42 Å². The number of hydrogen-bond donors (Lipinski definition) is 1. The van der Waals surface area contributed by atoms with E-state index in [4.69, 9.17) is 34.8 Å². The molecule has 1 amide bonds. The van der Waals surface area contributed by atoms with Gasteiger partial charge in [0.15, 0.2) is 0 Å². The SMILES string of the molecule is O=C(CN1CCN(S(=O)(=O)c2cc(Cl)sc2Cl)CC1)Nc1ccccc1Cl. The van der Waals surface area contributed by atoms with Gasteiger partial charge < -0.3 is 5.32 Å². The Morgan fingerprint density at radius 3 is 2.37 bits per heavy atom. The van der Waals surface area contributed by atoms with Crippen LogP contribution in [0.25, 0.3) is 0 Å². The molecule has 2 aromatic rings. The lowest BCUT2D eigenvalue weighted by molar-refractivity contribution is -0.117. The lowest BCUT2D eigenvalue weighted by atomic mass is 10.3. The number of nitrogens with one attached hydrogen (secondary N) is 1. The quantitative estimate of drug-likeness (QED) is 0.727. The van der Waals surface area contributed by atoms with Crippen molar-refractivity contribution in [2.45, 2.75) is 4.90 Å². The molecule has 146 valence electrons. The van der Waals surface area contributed by atoms with Gasteiger partial charge in [-0.15, -0.1) is 11.3 Å². The van der Waals surface area contributed by atoms with Gasteiger partial charge >= 0.3 is 0 Å². The van der Waals surface area contributed by atoms with Crippen molar-refractivity contribution in [1.82, 2.24) is 9.21 Å². The summed E-state index contributed by atoms with van der Waals surface area (Å²) < 4.78 is 27.3. The van der Waals surface area contributed by atoms with E-state index in [0.717, 1.165) is 11.3 Å². The molecule has 0 bridgehead atoms. The molecule has 1 aliphatic rings. The number of nitrogens with zero attached hydrogens (tertiary/aromatic N) is 2. The Labute approximate surface area is 176 Å². The number of carbonyl (C=O) groups excluding carboxylic acids is 1. The van der Waals surface area contributed by atoms with E-state index in [1.807, 2.05) is 4.90 Å². The number of thiophene rings is 1. The van der Waals surface area contributed by atoms with Crippen molar-refractivity contribution >= 4 is 67.8 Å². The minimum Gasteiger partial charge on any atom is -0.324 e. The van der Waals surface area contributed by atoms with Gasteiger partial charge in [-0.05, 0) is 18.2 Å². The summed E-state index contributed by atoms with van der Waals surface area (Å²) in [5.41, 5.74) is 0.550. The lowest BCUT2D eigenvalue weighted by Gasteiger charge is -2.33. The van der Waals surface area contributed by atoms with Crippen LogP contribution in [0.5, 0.6) is 0 Å². The van der Waals surface area contributed by atoms with Crippen molar-refractivity contribution in [2.24, 2.45) is 0 Å². The van der Waals surface area contributed by atoms with Gasteiger partial charge in [-0.1, -0.05) is 46.9 Å². The van der Waals surface area contributed by atoms with E-state index < -0.39 is 10.0 Å². The summed E-state index contributed by atoms with van der Waals surface area (Å²) in [4.78, 5) is 14.1. The number of para-hydroxylation sites is 1.